The largest absolute Gasteiger partial charge is 0.493 e. The molecule has 1 aromatic heterocycles. The highest BCUT2D eigenvalue weighted by Crippen LogP contribution is 2.28. The summed E-state index contributed by atoms with van der Waals surface area (Å²) in [6.45, 7) is 2.00. The first-order valence-electron chi connectivity index (χ1n) is 8.25. The second-order valence-electron chi connectivity index (χ2n) is 5.80. The minimum Gasteiger partial charge on any atom is -0.493 e. The summed E-state index contributed by atoms with van der Waals surface area (Å²) in [6.07, 6.45) is 0.762. The van der Waals surface area contributed by atoms with E-state index in [1.165, 1.54) is 14.2 Å². The van der Waals surface area contributed by atoms with E-state index in [4.69, 9.17) is 9.47 Å². The number of carbonyl (C=O) groups is 1. The highest BCUT2D eigenvalue weighted by atomic mass is 16.5. The van der Waals surface area contributed by atoms with Gasteiger partial charge < -0.3 is 19.8 Å². The summed E-state index contributed by atoms with van der Waals surface area (Å²) in [5.74, 6) is 0.759. The van der Waals surface area contributed by atoms with Crippen LogP contribution in [0.3, 0.4) is 0 Å². The van der Waals surface area contributed by atoms with Crippen molar-refractivity contribution in [3.63, 3.8) is 0 Å². The van der Waals surface area contributed by atoms with E-state index in [1.807, 2.05) is 19.1 Å². The van der Waals surface area contributed by atoms with Crippen LogP contribution in [-0.2, 0) is 6.42 Å². The van der Waals surface area contributed by atoms with E-state index in [0.29, 0.717) is 28.3 Å². The number of ether oxygens (including phenoxy) is 2. The van der Waals surface area contributed by atoms with Gasteiger partial charge in [-0.25, -0.2) is 0 Å². The van der Waals surface area contributed by atoms with Crippen LogP contribution in [0.5, 0.6) is 11.5 Å². The Kier molecular flexibility index (Phi) is 4.93. The zero-order valence-electron chi connectivity index (χ0n) is 14.9. The third-order valence-corrected chi connectivity index (χ3v) is 4.21. The minimum absolute atomic E-state index is 0.155. The van der Waals surface area contributed by atoms with Crippen LogP contribution >= 0.6 is 0 Å². The zero-order valence-corrected chi connectivity index (χ0v) is 14.9. The second-order valence-corrected chi connectivity index (χ2v) is 5.80. The first kappa shape index (κ1) is 17.5. The molecule has 2 N–H and O–H groups in total. The molecule has 6 heteroatoms. The number of amides is 1. The number of aromatic nitrogens is 1. The Morgan fingerprint density at radius 1 is 1.04 bits per heavy atom. The number of nitrogens with one attached hydrogen (secondary N) is 2. The number of hydrogen-bond donors (Lipinski definition) is 2. The van der Waals surface area contributed by atoms with Gasteiger partial charge in [-0.05, 0) is 42.3 Å². The van der Waals surface area contributed by atoms with Crippen LogP contribution in [-0.4, -0.2) is 25.1 Å². The molecule has 26 heavy (non-hydrogen) atoms. The van der Waals surface area contributed by atoms with Crippen molar-refractivity contribution in [2.45, 2.75) is 13.3 Å². The van der Waals surface area contributed by atoms with Gasteiger partial charge in [0.05, 0.1) is 19.7 Å². The Balaban J connectivity index is 1.91. The van der Waals surface area contributed by atoms with E-state index in [1.54, 1.807) is 30.3 Å². The third kappa shape index (κ3) is 3.39. The number of carbonyl (C=O) groups excluding carboxylic acids is 1. The van der Waals surface area contributed by atoms with Crippen LogP contribution in [0, 0.1) is 0 Å². The molecule has 2 aromatic carbocycles. The number of pyridine rings is 1. The van der Waals surface area contributed by atoms with E-state index in [-0.39, 0.29) is 11.5 Å². The van der Waals surface area contributed by atoms with E-state index in [9.17, 15) is 9.59 Å². The molecule has 3 aromatic rings. The number of aromatic amines is 1. The Bertz CT molecular complexity index is 1020. The molecule has 6 nitrogen and oxygen atoms in total. The van der Waals surface area contributed by atoms with Crippen molar-refractivity contribution < 1.29 is 14.3 Å². The molecular formula is C20H20N2O4. The van der Waals surface area contributed by atoms with Gasteiger partial charge in [0, 0.05) is 22.7 Å². The van der Waals surface area contributed by atoms with Crippen LogP contribution in [0.1, 0.15) is 22.8 Å². The molecule has 1 amide bonds. The average molecular weight is 352 g/mol. The molecule has 0 atom stereocenters. The van der Waals surface area contributed by atoms with Gasteiger partial charge in [0.2, 0.25) is 5.56 Å². The van der Waals surface area contributed by atoms with Gasteiger partial charge in [-0.2, -0.15) is 0 Å². The molecule has 0 spiro atoms. The second kappa shape index (κ2) is 7.31. The Labute approximate surface area is 150 Å². The Hall–Kier alpha value is -3.28. The lowest BCUT2D eigenvalue weighted by Gasteiger charge is -2.11. The number of H-pyrrole nitrogens is 1. The summed E-state index contributed by atoms with van der Waals surface area (Å²) < 4.78 is 10.4. The Morgan fingerprint density at radius 2 is 1.81 bits per heavy atom. The standard InChI is InChI=1S/C20H20N2O4/c1-4-12-10-19(23)22-16-11-14(6-7-15(12)16)21-20(24)13-5-8-17(25-2)18(9-13)26-3/h5-11H,4H2,1-3H3,(H,21,24)(H,22,23). The minimum atomic E-state index is -0.278. The zero-order chi connectivity index (χ0) is 18.7. The van der Waals surface area contributed by atoms with Gasteiger partial charge in [-0.15, -0.1) is 0 Å². The number of anilines is 1. The smallest absolute Gasteiger partial charge is 0.255 e. The highest BCUT2D eigenvalue weighted by molar-refractivity contribution is 6.05. The summed E-state index contributed by atoms with van der Waals surface area (Å²) >= 11 is 0. The van der Waals surface area contributed by atoms with Crippen molar-refractivity contribution in [3.8, 4) is 11.5 Å². The van der Waals surface area contributed by atoms with Crippen molar-refractivity contribution in [2.75, 3.05) is 19.5 Å². The first-order chi connectivity index (χ1) is 12.5. The van der Waals surface area contributed by atoms with Gasteiger partial charge in [0.1, 0.15) is 0 Å². The number of methoxy groups -OCH3 is 2. The summed E-state index contributed by atoms with van der Waals surface area (Å²) in [5, 5.41) is 3.81. The molecule has 3 rings (SSSR count). The van der Waals surface area contributed by atoms with E-state index >= 15 is 0 Å². The molecule has 0 saturated carbocycles. The monoisotopic (exact) mass is 352 g/mol. The molecule has 0 bridgehead atoms. The van der Waals surface area contributed by atoms with Crippen LogP contribution in [0.15, 0.2) is 47.3 Å². The Morgan fingerprint density at radius 3 is 2.50 bits per heavy atom. The molecule has 0 aliphatic carbocycles. The van der Waals surface area contributed by atoms with E-state index in [0.717, 1.165) is 17.4 Å². The van der Waals surface area contributed by atoms with Crippen molar-refractivity contribution in [1.82, 2.24) is 4.98 Å². The van der Waals surface area contributed by atoms with Gasteiger partial charge in [-0.1, -0.05) is 13.0 Å². The summed E-state index contributed by atoms with van der Waals surface area (Å²) in [7, 11) is 3.06. The highest BCUT2D eigenvalue weighted by Gasteiger charge is 2.12. The number of aryl methyl sites for hydroxylation is 1. The number of rotatable bonds is 5. The number of hydrogen-bond acceptors (Lipinski definition) is 4. The van der Waals surface area contributed by atoms with Crippen LogP contribution in [0.4, 0.5) is 5.69 Å². The molecule has 0 saturated heterocycles. The predicted octanol–water partition coefficient (Wildman–Crippen LogP) is 3.36. The fourth-order valence-corrected chi connectivity index (χ4v) is 2.88. The predicted molar refractivity (Wildman–Crippen MR) is 101 cm³/mol. The number of benzene rings is 2. The summed E-state index contributed by atoms with van der Waals surface area (Å²) in [4.78, 5) is 27.1. The molecular weight excluding hydrogens is 332 g/mol. The van der Waals surface area contributed by atoms with E-state index < -0.39 is 0 Å². The third-order valence-electron chi connectivity index (χ3n) is 4.21. The molecule has 0 aliphatic heterocycles. The molecule has 0 aliphatic rings. The fraction of sp³-hybridized carbons (Fsp3) is 0.200. The molecule has 0 unspecified atom stereocenters. The molecule has 1 heterocycles. The number of fused-ring (bicyclic) bond motifs is 1. The van der Waals surface area contributed by atoms with Gasteiger partial charge in [0.15, 0.2) is 11.5 Å². The maximum absolute atomic E-state index is 12.5. The van der Waals surface area contributed by atoms with Crippen LogP contribution < -0.4 is 20.3 Å². The van der Waals surface area contributed by atoms with Crippen molar-refractivity contribution >= 4 is 22.5 Å². The summed E-state index contributed by atoms with van der Waals surface area (Å²) in [6, 6.07) is 12.0. The SMILES string of the molecule is CCc1cc(=O)[nH]c2cc(NC(=O)c3ccc(OC)c(OC)c3)ccc12. The maximum atomic E-state index is 12.5. The lowest BCUT2D eigenvalue weighted by molar-refractivity contribution is 0.102. The summed E-state index contributed by atoms with van der Waals surface area (Å²) in [5.41, 5.74) is 2.55. The van der Waals surface area contributed by atoms with Gasteiger partial charge >= 0.3 is 0 Å². The lowest BCUT2D eigenvalue weighted by Crippen LogP contribution is -2.12. The quantitative estimate of drug-likeness (QED) is 0.738. The van der Waals surface area contributed by atoms with Crippen LogP contribution in [0.2, 0.25) is 0 Å². The first-order valence-corrected chi connectivity index (χ1v) is 8.25. The maximum Gasteiger partial charge on any atom is 0.255 e. The fourth-order valence-electron chi connectivity index (χ4n) is 2.88. The topological polar surface area (TPSA) is 80.4 Å². The normalized spacial score (nSPS) is 10.6. The molecule has 0 fully saturated rings. The van der Waals surface area contributed by atoms with Gasteiger partial charge in [0.25, 0.3) is 5.91 Å². The van der Waals surface area contributed by atoms with Crippen LogP contribution in [0.25, 0.3) is 10.9 Å². The lowest BCUT2D eigenvalue weighted by atomic mass is 10.1. The average Bonchev–Trinajstić information content (AvgIpc) is 2.66. The van der Waals surface area contributed by atoms with Crippen molar-refractivity contribution in [3.05, 3.63) is 63.9 Å². The molecule has 0 radical (unpaired) electrons. The van der Waals surface area contributed by atoms with E-state index in [2.05, 4.69) is 10.3 Å². The molecule has 134 valence electrons. The van der Waals surface area contributed by atoms with Crippen molar-refractivity contribution in [1.29, 1.82) is 0 Å². The van der Waals surface area contributed by atoms with Crippen molar-refractivity contribution in [2.24, 2.45) is 0 Å². The van der Waals surface area contributed by atoms with Gasteiger partial charge in [-0.3, -0.25) is 9.59 Å².